The summed E-state index contributed by atoms with van der Waals surface area (Å²) in [5.74, 6) is -0.345. The van der Waals surface area contributed by atoms with Crippen LogP contribution in [0.5, 0.6) is 0 Å². The second kappa shape index (κ2) is 8.01. The van der Waals surface area contributed by atoms with Gasteiger partial charge in [0.2, 0.25) is 0 Å². The van der Waals surface area contributed by atoms with Crippen molar-refractivity contribution in [3.63, 3.8) is 0 Å². The van der Waals surface area contributed by atoms with Gasteiger partial charge in [-0.1, -0.05) is 17.4 Å². The Labute approximate surface area is 164 Å². The number of carbonyl (C=O) groups excluding carboxylic acids is 1. The number of nitro benzene ring substituents is 1. The Kier molecular flexibility index (Phi) is 5.29. The van der Waals surface area contributed by atoms with Crippen molar-refractivity contribution in [3.8, 4) is 0 Å². The number of ether oxygens (including phenoxy) is 1. The summed E-state index contributed by atoms with van der Waals surface area (Å²) < 4.78 is 6.38. The Balaban J connectivity index is 1.46. The molecule has 2 heterocycles. The van der Waals surface area contributed by atoms with Gasteiger partial charge in [0.1, 0.15) is 0 Å². The van der Waals surface area contributed by atoms with Crippen molar-refractivity contribution in [2.75, 3.05) is 31.6 Å². The number of hydrogen-bond acceptors (Lipinski definition) is 7. The van der Waals surface area contributed by atoms with Crippen LogP contribution >= 0.6 is 11.3 Å². The largest absolute Gasteiger partial charge is 0.379 e. The fourth-order valence-electron chi connectivity index (χ4n) is 3.04. The van der Waals surface area contributed by atoms with E-state index >= 15 is 0 Å². The molecule has 0 spiro atoms. The number of nitrogens with zero attached hydrogens (tertiary/aromatic N) is 3. The van der Waals surface area contributed by atoms with Crippen LogP contribution < -0.4 is 5.32 Å². The minimum Gasteiger partial charge on any atom is -0.379 e. The van der Waals surface area contributed by atoms with Gasteiger partial charge in [-0.3, -0.25) is 25.1 Å². The van der Waals surface area contributed by atoms with Gasteiger partial charge >= 0.3 is 0 Å². The molecular weight excluding hydrogens is 380 g/mol. The maximum absolute atomic E-state index is 12.4. The zero-order valence-electron chi connectivity index (χ0n) is 15.0. The van der Waals surface area contributed by atoms with Crippen LogP contribution in [0.25, 0.3) is 10.2 Å². The number of anilines is 1. The van der Waals surface area contributed by atoms with Crippen LogP contribution in [0.3, 0.4) is 0 Å². The van der Waals surface area contributed by atoms with Crippen LogP contribution in [0.15, 0.2) is 42.5 Å². The number of hydrogen-bond donors (Lipinski definition) is 1. The van der Waals surface area contributed by atoms with Crippen molar-refractivity contribution in [3.05, 3.63) is 63.7 Å². The number of nitro groups is 1. The molecule has 1 N–H and O–H groups in total. The van der Waals surface area contributed by atoms with Crippen molar-refractivity contribution < 1.29 is 14.5 Å². The van der Waals surface area contributed by atoms with Gasteiger partial charge in [-0.25, -0.2) is 4.98 Å². The van der Waals surface area contributed by atoms with E-state index in [4.69, 9.17) is 4.74 Å². The van der Waals surface area contributed by atoms with Crippen LogP contribution in [-0.4, -0.2) is 47.0 Å². The van der Waals surface area contributed by atoms with Crippen molar-refractivity contribution in [2.24, 2.45) is 0 Å². The number of aromatic nitrogens is 1. The van der Waals surface area contributed by atoms with Gasteiger partial charge in [-0.15, -0.1) is 0 Å². The topological polar surface area (TPSA) is 97.6 Å². The molecule has 3 aromatic rings. The molecule has 1 amide bonds. The second-order valence-corrected chi connectivity index (χ2v) is 7.50. The predicted molar refractivity (Wildman–Crippen MR) is 107 cm³/mol. The number of benzene rings is 2. The summed E-state index contributed by atoms with van der Waals surface area (Å²) in [7, 11) is 0. The van der Waals surface area contributed by atoms with Crippen LogP contribution in [0.4, 0.5) is 10.8 Å². The fraction of sp³-hybridized carbons (Fsp3) is 0.263. The summed E-state index contributed by atoms with van der Waals surface area (Å²) in [5, 5.41) is 14.0. The highest BCUT2D eigenvalue weighted by atomic mass is 32.1. The summed E-state index contributed by atoms with van der Waals surface area (Å²) in [6.45, 7) is 4.25. The first kappa shape index (κ1) is 18.5. The van der Waals surface area contributed by atoms with Crippen molar-refractivity contribution in [1.82, 2.24) is 9.88 Å². The molecule has 0 atom stereocenters. The fourth-order valence-corrected chi connectivity index (χ4v) is 3.97. The quantitative estimate of drug-likeness (QED) is 0.523. The van der Waals surface area contributed by atoms with Gasteiger partial charge in [-0.2, -0.15) is 0 Å². The van der Waals surface area contributed by atoms with Gasteiger partial charge in [0.25, 0.3) is 11.6 Å². The first-order valence-electron chi connectivity index (χ1n) is 8.84. The molecule has 1 fully saturated rings. The summed E-state index contributed by atoms with van der Waals surface area (Å²) in [6.07, 6.45) is 0. The lowest BCUT2D eigenvalue weighted by atomic mass is 10.2. The van der Waals surface area contributed by atoms with E-state index in [-0.39, 0.29) is 11.6 Å². The highest BCUT2D eigenvalue weighted by Crippen LogP contribution is 2.28. The normalized spacial score (nSPS) is 14.9. The van der Waals surface area contributed by atoms with Crippen LogP contribution in [-0.2, 0) is 11.3 Å². The van der Waals surface area contributed by atoms with E-state index in [1.807, 2.05) is 6.07 Å². The van der Waals surface area contributed by atoms with E-state index in [1.165, 1.54) is 41.2 Å². The number of rotatable bonds is 5. The van der Waals surface area contributed by atoms with E-state index in [0.29, 0.717) is 10.7 Å². The lowest BCUT2D eigenvalue weighted by Gasteiger charge is -2.26. The molecule has 28 heavy (non-hydrogen) atoms. The van der Waals surface area contributed by atoms with E-state index in [1.54, 1.807) is 0 Å². The molecular formula is C19H18N4O4S. The highest BCUT2D eigenvalue weighted by molar-refractivity contribution is 7.22. The van der Waals surface area contributed by atoms with Gasteiger partial charge in [0, 0.05) is 37.3 Å². The number of carbonyl (C=O) groups is 1. The van der Waals surface area contributed by atoms with E-state index in [9.17, 15) is 14.9 Å². The zero-order chi connectivity index (χ0) is 19.5. The Bertz CT molecular complexity index is 1010. The van der Waals surface area contributed by atoms with E-state index in [0.717, 1.165) is 43.1 Å². The summed E-state index contributed by atoms with van der Waals surface area (Å²) >= 11 is 1.41. The number of thiazole rings is 1. The SMILES string of the molecule is O=C(Nc1nc2ccc(CN3CCOCC3)cc2s1)c1ccc([N+](=O)[O-])cc1. The number of amides is 1. The number of nitrogens with one attached hydrogen (secondary N) is 1. The Morgan fingerprint density at radius 3 is 2.68 bits per heavy atom. The number of non-ortho nitro benzene ring substituents is 1. The molecule has 144 valence electrons. The first-order valence-corrected chi connectivity index (χ1v) is 9.65. The number of morpholine rings is 1. The van der Waals surface area contributed by atoms with Crippen molar-refractivity contribution >= 4 is 38.3 Å². The molecule has 0 radical (unpaired) electrons. The molecule has 1 aliphatic heterocycles. The molecule has 1 aliphatic rings. The Hall–Kier alpha value is -2.88. The maximum Gasteiger partial charge on any atom is 0.269 e. The first-order chi connectivity index (χ1) is 13.6. The zero-order valence-corrected chi connectivity index (χ0v) is 15.8. The third-order valence-corrected chi connectivity index (χ3v) is 5.46. The summed E-state index contributed by atoms with van der Waals surface area (Å²) in [6, 6.07) is 11.6. The molecule has 0 bridgehead atoms. The Morgan fingerprint density at radius 2 is 1.96 bits per heavy atom. The second-order valence-electron chi connectivity index (χ2n) is 6.47. The molecule has 2 aromatic carbocycles. The minimum absolute atomic E-state index is 0.0515. The molecule has 0 unspecified atom stereocenters. The molecule has 1 aromatic heterocycles. The average Bonchev–Trinajstić information content (AvgIpc) is 3.10. The summed E-state index contributed by atoms with van der Waals surface area (Å²) in [5.41, 5.74) is 2.32. The average molecular weight is 398 g/mol. The van der Waals surface area contributed by atoms with E-state index in [2.05, 4.69) is 27.3 Å². The molecule has 8 nitrogen and oxygen atoms in total. The number of fused-ring (bicyclic) bond motifs is 1. The highest BCUT2D eigenvalue weighted by Gasteiger charge is 2.14. The van der Waals surface area contributed by atoms with Crippen LogP contribution in [0, 0.1) is 10.1 Å². The smallest absolute Gasteiger partial charge is 0.269 e. The van der Waals surface area contributed by atoms with Gasteiger partial charge < -0.3 is 4.74 Å². The molecule has 0 aliphatic carbocycles. The van der Waals surface area contributed by atoms with Gasteiger partial charge in [0.05, 0.1) is 28.4 Å². The monoisotopic (exact) mass is 398 g/mol. The lowest BCUT2D eigenvalue weighted by molar-refractivity contribution is -0.384. The third kappa shape index (κ3) is 4.16. The Morgan fingerprint density at radius 1 is 1.21 bits per heavy atom. The molecule has 4 rings (SSSR count). The van der Waals surface area contributed by atoms with Crippen molar-refractivity contribution in [2.45, 2.75) is 6.54 Å². The third-order valence-electron chi connectivity index (χ3n) is 4.52. The van der Waals surface area contributed by atoms with Gasteiger partial charge in [-0.05, 0) is 29.8 Å². The maximum atomic E-state index is 12.4. The van der Waals surface area contributed by atoms with Crippen LogP contribution in [0.1, 0.15) is 15.9 Å². The van der Waals surface area contributed by atoms with Crippen molar-refractivity contribution in [1.29, 1.82) is 0 Å². The molecule has 9 heteroatoms. The van der Waals surface area contributed by atoms with E-state index < -0.39 is 4.92 Å². The molecule has 0 saturated carbocycles. The summed E-state index contributed by atoms with van der Waals surface area (Å²) in [4.78, 5) is 29.4. The van der Waals surface area contributed by atoms with Gasteiger partial charge in [0.15, 0.2) is 5.13 Å². The van der Waals surface area contributed by atoms with Crippen LogP contribution in [0.2, 0.25) is 0 Å². The minimum atomic E-state index is -0.496. The lowest BCUT2D eigenvalue weighted by Crippen LogP contribution is -2.35. The standard InChI is InChI=1S/C19H18N4O4S/c24-18(14-2-4-15(5-3-14)23(25)26)21-19-20-16-6-1-13(11-17(16)28-19)12-22-7-9-27-10-8-22/h1-6,11H,7-10,12H2,(H,20,21,24). The molecule has 1 saturated heterocycles. The predicted octanol–water partition coefficient (Wildman–Crippen LogP) is 3.29.